The van der Waals surface area contributed by atoms with Crippen LogP contribution in [0.15, 0.2) is 27.2 Å². The lowest BCUT2D eigenvalue weighted by molar-refractivity contribution is -0.149. The van der Waals surface area contributed by atoms with Crippen LogP contribution in [0, 0.1) is 17.3 Å². The van der Waals surface area contributed by atoms with Gasteiger partial charge in [-0.05, 0) is 52.7 Å². The first-order chi connectivity index (χ1) is 12.2. The summed E-state index contributed by atoms with van der Waals surface area (Å²) in [5.41, 5.74) is 0.772. The molecular weight excluding hydrogens is 396 g/mol. The molecule has 26 heavy (non-hydrogen) atoms. The topological polar surface area (TPSA) is 55.6 Å². The van der Waals surface area contributed by atoms with E-state index in [1.54, 1.807) is 6.20 Å². The summed E-state index contributed by atoms with van der Waals surface area (Å²) in [7, 11) is 1.47. The largest absolute Gasteiger partial charge is 0.469 e. The molecular formula is C20H27BrN2O3. The lowest BCUT2D eigenvalue weighted by Crippen LogP contribution is -2.47. The van der Waals surface area contributed by atoms with Gasteiger partial charge in [0.25, 0.3) is 0 Å². The Morgan fingerprint density at radius 3 is 2.77 bits per heavy atom. The third-order valence-corrected chi connectivity index (χ3v) is 5.99. The number of likely N-dealkylation sites (tertiary alicyclic amines) is 1. The van der Waals surface area contributed by atoms with Crippen LogP contribution in [0.25, 0.3) is 11.1 Å². The van der Waals surface area contributed by atoms with Crippen molar-refractivity contribution in [2.24, 2.45) is 17.3 Å². The SMILES string of the molecule is COC(=O)[C@@H]1C[C@@H](C(C)(C)C)CN(C(C)c2cc3cc(Br)cnc3o2)C1. The van der Waals surface area contributed by atoms with E-state index in [9.17, 15) is 4.79 Å². The first kappa shape index (κ1) is 19.4. The summed E-state index contributed by atoms with van der Waals surface area (Å²) in [4.78, 5) is 18.9. The highest BCUT2D eigenvalue weighted by molar-refractivity contribution is 9.10. The smallest absolute Gasteiger partial charge is 0.309 e. The molecule has 2 aromatic rings. The number of carbonyl (C=O) groups is 1. The van der Waals surface area contributed by atoms with E-state index in [0.717, 1.165) is 28.6 Å². The van der Waals surface area contributed by atoms with Crippen molar-refractivity contribution in [1.29, 1.82) is 0 Å². The Bertz CT molecular complexity index is 796. The van der Waals surface area contributed by atoms with Crippen LogP contribution in [-0.4, -0.2) is 36.1 Å². The minimum absolute atomic E-state index is 0.0697. The molecule has 1 fully saturated rings. The number of methoxy groups -OCH3 is 1. The minimum Gasteiger partial charge on any atom is -0.469 e. The van der Waals surface area contributed by atoms with Crippen LogP contribution in [0.4, 0.5) is 0 Å². The predicted octanol–water partition coefficient (Wildman–Crippen LogP) is 4.81. The van der Waals surface area contributed by atoms with Crippen molar-refractivity contribution in [1.82, 2.24) is 9.88 Å². The molecule has 1 aliphatic heterocycles. The van der Waals surface area contributed by atoms with Crippen LogP contribution in [0.2, 0.25) is 0 Å². The van der Waals surface area contributed by atoms with Gasteiger partial charge in [-0.3, -0.25) is 9.69 Å². The van der Waals surface area contributed by atoms with E-state index in [2.05, 4.69) is 53.5 Å². The number of ether oxygens (including phenoxy) is 1. The molecule has 0 N–H and O–H groups in total. The van der Waals surface area contributed by atoms with E-state index in [1.807, 2.05) is 12.1 Å². The van der Waals surface area contributed by atoms with Crippen molar-refractivity contribution in [3.05, 3.63) is 28.6 Å². The number of carbonyl (C=O) groups excluding carboxylic acids is 1. The highest BCUT2D eigenvalue weighted by atomic mass is 79.9. The van der Waals surface area contributed by atoms with Gasteiger partial charge in [0.15, 0.2) is 0 Å². The summed E-state index contributed by atoms with van der Waals surface area (Å²) in [5, 5.41) is 0.982. The van der Waals surface area contributed by atoms with E-state index < -0.39 is 0 Å². The first-order valence-electron chi connectivity index (χ1n) is 9.06. The Balaban J connectivity index is 1.87. The molecule has 3 rings (SSSR count). The first-order valence-corrected chi connectivity index (χ1v) is 9.85. The average molecular weight is 423 g/mol. The molecule has 0 aromatic carbocycles. The number of esters is 1. The third kappa shape index (κ3) is 3.96. The van der Waals surface area contributed by atoms with Gasteiger partial charge in [0, 0.05) is 29.1 Å². The second-order valence-electron chi connectivity index (χ2n) is 8.35. The second-order valence-corrected chi connectivity index (χ2v) is 9.26. The van der Waals surface area contributed by atoms with Gasteiger partial charge in [-0.2, -0.15) is 0 Å². The average Bonchev–Trinajstić information content (AvgIpc) is 3.02. The number of aromatic nitrogens is 1. The fraction of sp³-hybridized carbons (Fsp3) is 0.600. The van der Waals surface area contributed by atoms with Crippen molar-refractivity contribution >= 4 is 33.0 Å². The van der Waals surface area contributed by atoms with Gasteiger partial charge in [-0.15, -0.1) is 0 Å². The van der Waals surface area contributed by atoms with Crippen molar-refractivity contribution in [3.63, 3.8) is 0 Å². The minimum atomic E-state index is -0.119. The molecule has 0 aliphatic carbocycles. The van der Waals surface area contributed by atoms with Crippen LogP contribution in [-0.2, 0) is 9.53 Å². The molecule has 1 saturated heterocycles. The van der Waals surface area contributed by atoms with Crippen LogP contribution in [0.5, 0.6) is 0 Å². The van der Waals surface area contributed by atoms with Gasteiger partial charge in [-0.1, -0.05) is 20.8 Å². The predicted molar refractivity (Wildman–Crippen MR) is 105 cm³/mol. The molecule has 3 heterocycles. The molecule has 0 amide bonds. The van der Waals surface area contributed by atoms with Crippen LogP contribution in [0.3, 0.4) is 0 Å². The molecule has 1 unspecified atom stereocenters. The van der Waals surface area contributed by atoms with E-state index in [1.165, 1.54) is 7.11 Å². The van der Waals surface area contributed by atoms with Gasteiger partial charge < -0.3 is 9.15 Å². The molecule has 2 aromatic heterocycles. The Kier molecular flexibility index (Phi) is 5.45. The zero-order chi connectivity index (χ0) is 19.1. The maximum absolute atomic E-state index is 12.2. The van der Waals surface area contributed by atoms with E-state index >= 15 is 0 Å². The van der Waals surface area contributed by atoms with Gasteiger partial charge in [-0.25, -0.2) is 4.98 Å². The Morgan fingerprint density at radius 1 is 1.38 bits per heavy atom. The normalized spacial score (nSPS) is 23.2. The molecule has 0 bridgehead atoms. The lowest BCUT2D eigenvalue weighted by atomic mass is 9.73. The van der Waals surface area contributed by atoms with E-state index in [-0.39, 0.29) is 23.3 Å². The summed E-state index contributed by atoms with van der Waals surface area (Å²) >= 11 is 3.45. The number of pyridine rings is 1. The molecule has 3 atom stereocenters. The molecule has 5 nitrogen and oxygen atoms in total. The van der Waals surface area contributed by atoms with Crippen LogP contribution >= 0.6 is 15.9 Å². The summed E-state index contributed by atoms with van der Waals surface area (Å²) < 4.78 is 12.0. The Morgan fingerprint density at radius 2 is 2.12 bits per heavy atom. The fourth-order valence-electron chi connectivity index (χ4n) is 3.73. The van der Waals surface area contributed by atoms with Crippen molar-refractivity contribution in [3.8, 4) is 0 Å². The number of rotatable bonds is 3. The third-order valence-electron chi connectivity index (χ3n) is 5.56. The molecule has 142 valence electrons. The van der Waals surface area contributed by atoms with Crippen molar-refractivity contribution < 1.29 is 13.9 Å². The Hall–Kier alpha value is -1.40. The maximum Gasteiger partial charge on any atom is 0.309 e. The summed E-state index contributed by atoms with van der Waals surface area (Å²) in [6, 6.07) is 4.12. The quantitative estimate of drug-likeness (QED) is 0.664. The van der Waals surface area contributed by atoms with Crippen molar-refractivity contribution in [2.75, 3.05) is 20.2 Å². The molecule has 0 radical (unpaired) electrons. The summed E-state index contributed by atoms with van der Waals surface area (Å²) in [5.74, 6) is 1.08. The number of nitrogens with zero attached hydrogens (tertiary/aromatic N) is 2. The van der Waals surface area contributed by atoms with E-state index in [0.29, 0.717) is 18.2 Å². The zero-order valence-corrected chi connectivity index (χ0v) is 17.7. The number of hydrogen-bond donors (Lipinski definition) is 0. The number of fused-ring (bicyclic) bond motifs is 1. The Labute approximate surface area is 163 Å². The molecule has 6 heteroatoms. The van der Waals surface area contributed by atoms with Crippen LogP contribution < -0.4 is 0 Å². The van der Waals surface area contributed by atoms with Gasteiger partial charge in [0.2, 0.25) is 5.71 Å². The standard InChI is InChI=1S/C20H27BrN2O3/c1-12(17-8-13-7-16(21)9-22-18(13)26-17)23-10-14(19(24)25-5)6-15(11-23)20(2,3)4/h7-9,12,14-15H,6,10-11H2,1-5H3/t12?,14-,15-/m1/s1. The summed E-state index contributed by atoms with van der Waals surface area (Å²) in [6.45, 7) is 10.5. The van der Waals surface area contributed by atoms with E-state index in [4.69, 9.17) is 9.15 Å². The van der Waals surface area contributed by atoms with Gasteiger partial charge in [0.05, 0.1) is 19.1 Å². The summed E-state index contributed by atoms with van der Waals surface area (Å²) in [6.07, 6.45) is 2.61. The number of piperidine rings is 1. The maximum atomic E-state index is 12.2. The highest BCUT2D eigenvalue weighted by Gasteiger charge is 2.39. The number of hydrogen-bond acceptors (Lipinski definition) is 5. The zero-order valence-electron chi connectivity index (χ0n) is 16.1. The molecule has 1 aliphatic rings. The fourth-order valence-corrected chi connectivity index (χ4v) is 4.07. The molecule has 0 spiro atoms. The van der Waals surface area contributed by atoms with Crippen LogP contribution in [0.1, 0.15) is 45.9 Å². The van der Waals surface area contributed by atoms with Gasteiger partial charge >= 0.3 is 5.97 Å². The lowest BCUT2D eigenvalue weighted by Gasteiger charge is -2.44. The number of furan rings is 1. The highest BCUT2D eigenvalue weighted by Crippen LogP contribution is 2.39. The molecule has 0 saturated carbocycles. The van der Waals surface area contributed by atoms with Crippen molar-refractivity contribution in [2.45, 2.75) is 40.2 Å². The number of halogens is 1. The second kappa shape index (κ2) is 7.31. The van der Waals surface area contributed by atoms with Gasteiger partial charge in [0.1, 0.15) is 5.76 Å². The monoisotopic (exact) mass is 422 g/mol.